The Morgan fingerprint density at radius 1 is 1.32 bits per heavy atom. The number of nitrogens with zero attached hydrogens (tertiary/aromatic N) is 2. The van der Waals surface area contributed by atoms with Crippen LogP contribution in [0.3, 0.4) is 0 Å². The first-order chi connectivity index (χ1) is 10.7. The molecule has 0 saturated carbocycles. The second kappa shape index (κ2) is 5.21. The molecule has 1 aromatic heterocycles. The molecule has 2 amide bonds. The fourth-order valence-electron chi connectivity index (χ4n) is 3.20. The minimum Gasteiger partial charge on any atom is -0.326 e. The summed E-state index contributed by atoms with van der Waals surface area (Å²) < 4.78 is 0. The number of aromatic nitrogens is 1. The van der Waals surface area contributed by atoms with Crippen molar-refractivity contribution in [3.8, 4) is 0 Å². The van der Waals surface area contributed by atoms with Crippen LogP contribution in [0.4, 0.5) is 11.4 Å². The van der Waals surface area contributed by atoms with Crippen molar-refractivity contribution in [3.63, 3.8) is 0 Å². The summed E-state index contributed by atoms with van der Waals surface area (Å²) in [5, 5.41) is 4.92. The molecule has 1 unspecified atom stereocenters. The lowest BCUT2D eigenvalue weighted by Gasteiger charge is -2.26. The Balaban J connectivity index is 1.74. The number of anilines is 2. The highest BCUT2D eigenvalue weighted by molar-refractivity contribution is 7.07. The Morgan fingerprint density at radius 3 is 2.95 bits per heavy atom. The van der Waals surface area contributed by atoms with Crippen LogP contribution in [0.2, 0.25) is 0 Å². The number of fused-ring (bicyclic) bond motifs is 1. The number of carbonyl (C=O) groups is 2. The Bertz CT molecular complexity index is 742. The van der Waals surface area contributed by atoms with Crippen molar-refractivity contribution >= 4 is 34.5 Å². The predicted octanol–water partition coefficient (Wildman–Crippen LogP) is 2.74. The number of carbonyl (C=O) groups excluding carboxylic acids is 2. The van der Waals surface area contributed by atoms with Gasteiger partial charge in [-0.2, -0.15) is 0 Å². The monoisotopic (exact) mass is 313 g/mol. The van der Waals surface area contributed by atoms with E-state index in [1.54, 1.807) is 10.4 Å². The van der Waals surface area contributed by atoms with Gasteiger partial charge in [0.05, 0.1) is 11.2 Å². The van der Waals surface area contributed by atoms with E-state index >= 15 is 0 Å². The van der Waals surface area contributed by atoms with E-state index in [0.29, 0.717) is 12.8 Å². The molecule has 1 fully saturated rings. The summed E-state index contributed by atoms with van der Waals surface area (Å²) in [6, 6.07) is 5.90. The molecular weight excluding hydrogens is 298 g/mol. The van der Waals surface area contributed by atoms with Crippen molar-refractivity contribution in [2.24, 2.45) is 0 Å². The number of nitrogens with one attached hydrogen (secondary N) is 1. The molecule has 4 rings (SSSR count). The summed E-state index contributed by atoms with van der Waals surface area (Å²) in [6.45, 7) is 0.751. The molecule has 2 aliphatic heterocycles. The Hall–Kier alpha value is -2.21. The van der Waals surface area contributed by atoms with E-state index in [2.05, 4.69) is 10.3 Å². The van der Waals surface area contributed by atoms with Crippen LogP contribution in [0.5, 0.6) is 0 Å². The molecule has 1 saturated heterocycles. The predicted molar refractivity (Wildman–Crippen MR) is 85.2 cm³/mol. The molecule has 0 bridgehead atoms. The van der Waals surface area contributed by atoms with Gasteiger partial charge >= 0.3 is 0 Å². The van der Waals surface area contributed by atoms with Gasteiger partial charge in [0.15, 0.2) is 0 Å². The second-order valence-electron chi connectivity index (χ2n) is 5.64. The van der Waals surface area contributed by atoms with Gasteiger partial charge in [0.2, 0.25) is 11.8 Å². The van der Waals surface area contributed by atoms with Gasteiger partial charge in [0, 0.05) is 42.1 Å². The first-order valence-electron chi connectivity index (χ1n) is 7.34. The van der Waals surface area contributed by atoms with Crippen molar-refractivity contribution in [3.05, 3.63) is 40.3 Å². The summed E-state index contributed by atoms with van der Waals surface area (Å²) in [5.74, 6) is 0.145. The third kappa shape index (κ3) is 2.20. The summed E-state index contributed by atoms with van der Waals surface area (Å²) in [7, 11) is 0. The molecule has 6 heteroatoms. The molecule has 1 atom stereocenters. The zero-order valence-electron chi connectivity index (χ0n) is 11.9. The third-order valence-electron chi connectivity index (χ3n) is 4.27. The van der Waals surface area contributed by atoms with Crippen molar-refractivity contribution in [1.29, 1.82) is 0 Å². The van der Waals surface area contributed by atoms with Gasteiger partial charge in [0.1, 0.15) is 0 Å². The van der Waals surface area contributed by atoms with E-state index in [1.807, 2.05) is 23.6 Å². The SMILES string of the molecule is O=C1CC(c2cscn2)c2ccc(N3CCCC3=O)cc2N1. The minimum absolute atomic E-state index is 0.00155. The van der Waals surface area contributed by atoms with Gasteiger partial charge in [-0.3, -0.25) is 9.59 Å². The number of thiazole rings is 1. The highest BCUT2D eigenvalue weighted by Crippen LogP contribution is 2.39. The maximum atomic E-state index is 12.0. The van der Waals surface area contributed by atoms with E-state index in [-0.39, 0.29) is 17.7 Å². The molecule has 3 heterocycles. The lowest BCUT2D eigenvalue weighted by Crippen LogP contribution is -2.26. The minimum atomic E-state index is -0.00426. The van der Waals surface area contributed by atoms with Gasteiger partial charge < -0.3 is 10.2 Å². The van der Waals surface area contributed by atoms with Gasteiger partial charge in [-0.25, -0.2) is 4.98 Å². The first kappa shape index (κ1) is 13.5. The lowest BCUT2D eigenvalue weighted by molar-refractivity contribution is -0.117. The Kier molecular flexibility index (Phi) is 3.18. The largest absolute Gasteiger partial charge is 0.326 e. The fourth-order valence-corrected chi connectivity index (χ4v) is 3.81. The molecule has 2 aromatic rings. The normalized spacial score (nSPS) is 20.9. The zero-order chi connectivity index (χ0) is 15.1. The van der Waals surface area contributed by atoms with Crippen molar-refractivity contribution in [1.82, 2.24) is 4.98 Å². The Morgan fingerprint density at radius 2 is 2.23 bits per heavy atom. The smallest absolute Gasteiger partial charge is 0.227 e. The maximum absolute atomic E-state index is 12.0. The summed E-state index contributed by atoms with van der Waals surface area (Å²) in [5.41, 5.74) is 5.46. The number of rotatable bonds is 2. The molecule has 0 aliphatic carbocycles. The van der Waals surface area contributed by atoms with Crippen LogP contribution in [0.1, 0.15) is 36.4 Å². The van der Waals surface area contributed by atoms with E-state index in [9.17, 15) is 9.59 Å². The summed E-state index contributed by atoms with van der Waals surface area (Å²) in [6.07, 6.45) is 1.91. The van der Waals surface area contributed by atoms with Crippen molar-refractivity contribution < 1.29 is 9.59 Å². The molecular formula is C16H15N3O2S. The number of hydrogen-bond acceptors (Lipinski definition) is 4. The van der Waals surface area contributed by atoms with Gasteiger partial charge in [-0.05, 0) is 24.1 Å². The second-order valence-corrected chi connectivity index (χ2v) is 6.36. The molecule has 112 valence electrons. The molecule has 1 aromatic carbocycles. The molecule has 1 N–H and O–H groups in total. The van der Waals surface area contributed by atoms with Crippen LogP contribution in [0, 0.1) is 0 Å². The summed E-state index contributed by atoms with van der Waals surface area (Å²) in [4.78, 5) is 30.1. The summed E-state index contributed by atoms with van der Waals surface area (Å²) >= 11 is 1.54. The quantitative estimate of drug-likeness (QED) is 0.927. The molecule has 2 aliphatic rings. The van der Waals surface area contributed by atoms with Crippen LogP contribution >= 0.6 is 11.3 Å². The average Bonchev–Trinajstić information content (AvgIpc) is 3.17. The van der Waals surface area contributed by atoms with E-state index in [1.165, 1.54) is 11.3 Å². The number of amides is 2. The van der Waals surface area contributed by atoms with Crippen LogP contribution in [-0.4, -0.2) is 23.3 Å². The van der Waals surface area contributed by atoms with Crippen LogP contribution < -0.4 is 10.2 Å². The van der Waals surface area contributed by atoms with Crippen LogP contribution in [-0.2, 0) is 9.59 Å². The highest BCUT2D eigenvalue weighted by Gasteiger charge is 2.29. The molecule has 5 nitrogen and oxygen atoms in total. The maximum Gasteiger partial charge on any atom is 0.227 e. The number of benzene rings is 1. The highest BCUT2D eigenvalue weighted by atomic mass is 32.1. The average molecular weight is 313 g/mol. The van der Waals surface area contributed by atoms with Gasteiger partial charge in [-0.15, -0.1) is 11.3 Å². The van der Waals surface area contributed by atoms with Gasteiger partial charge in [0.25, 0.3) is 0 Å². The van der Waals surface area contributed by atoms with Crippen molar-refractivity contribution in [2.45, 2.75) is 25.2 Å². The van der Waals surface area contributed by atoms with Crippen LogP contribution in [0.15, 0.2) is 29.1 Å². The Labute approximate surface area is 132 Å². The molecule has 0 spiro atoms. The molecule has 22 heavy (non-hydrogen) atoms. The van der Waals surface area contributed by atoms with E-state index < -0.39 is 0 Å². The topological polar surface area (TPSA) is 62.3 Å². The fraction of sp³-hybridized carbons (Fsp3) is 0.312. The van der Waals surface area contributed by atoms with Crippen molar-refractivity contribution in [2.75, 3.05) is 16.8 Å². The van der Waals surface area contributed by atoms with E-state index in [0.717, 1.165) is 35.6 Å². The van der Waals surface area contributed by atoms with Gasteiger partial charge in [-0.1, -0.05) is 6.07 Å². The van der Waals surface area contributed by atoms with Crippen LogP contribution in [0.25, 0.3) is 0 Å². The lowest BCUT2D eigenvalue weighted by atomic mass is 9.88. The van der Waals surface area contributed by atoms with E-state index in [4.69, 9.17) is 0 Å². The standard InChI is InChI=1S/C16H15N3O2S/c20-15-7-12(14-8-22-9-17-14)11-4-3-10(6-13(11)18-15)19-5-1-2-16(19)21/h3-4,6,8-9,12H,1-2,5,7H2,(H,18,20). The first-order valence-corrected chi connectivity index (χ1v) is 8.29. The number of hydrogen-bond donors (Lipinski definition) is 1. The zero-order valence-corrected chi connectivity index (χ0v) is 12.7. The molecule has 0 radical (unpaired) electrons. The third-order valence-corrected chi connectivity index (χ3v) is 4.87.